The van der Waals surface area contributed by atoms with E-state index in [1.165, 1.54) is 12.3 Å². The third-order valence-electron chi connectivity index (χ3n) is 2.39. The van der Waals surface area contributed by atoms with E-state index in [1.54, 1.807) is 0 Å². The van der Waals surface area contributed by atoms with Crippen LogP contribution in [0.25, 0.3) is 0 Å². The second-order valence-corrected chi connectivity index (χ2v) is 5.32. The van der Waals surface area contributed by atoms with Crippen molar-refractivity contribution >= 4 is 45.0 Å². The van der Waals surface area contributed by atoms with Gasteiger partial charge in [-0.2, -0.15) is 0 Å². The maximum Gasteiger partial charge on any atom is 0.337 e. The minimum absolute atomic E-state index is 0.0565. The van der Waals surface area contributed by atoms with Crippen molar-refractivity contribution in [2.75, 3.05) is 5.32 Å². The highest BCUT2D eigenvalue weighted by Gasteiger charge is 2.09. The second-order valence-electron chi connectivity index (χ2n) is 4.00. The summed E-state index contributed by atoms with van der Waals surface area (Å²) in [6, 6.07) is 7.17. The monoisotopic (exact) mass is 340 g/mol. The van der Waals surface area contributed by atoms with E-state index >= 15 is 0 Å². The fourth-order valence-corrected chi connectivity index (χ4v) is 2.41. The van der Waals surface area contributed by atoms with Gasteiger partial charge < -0.3 is 10.4 Å². The molecule has 98 valence electrons. The predicted molar refractivity (Wildman–Crippen MR) is 78.4 cm³/mol. The maximum atomic E-state index is 10.8. The molecule has 0 aliphatic carbocycles. The predicted octanol–water partition coefficient (Wildman–Crippen LogP) is 4.25. The van der Waals surface area contributed by atoms with Crippen LogP contribution < -0.4 is 5.32 Å². The van der Waals surface area contributed by atoms with Crippen molar-refractivity contribution in [3.05, 3.63) is 51.1 Å². The molecule has 6 heteroatoms. The van der Waals surface area contributed by atoms with Crippen LogP contribution in [0.15, 0.2) is 34.9 Å². The second kappa shape index (κ2) is 5.59. The van der Waals surface area contributed by atoms with Gasteiger partial charge in [-0.25, -0.2) is 9.78 Å². The molecule has 0 saturated carbocycles. The number of hydrogen-bond acceptors (Lipinski definition) is 3. The van der Waals surface area contributed by atoms with Gasteiger partial charge in [0.2, 0.25) is 0 Å². The van der Waals surface area contributed by atoms with Gasteiger partial charge in [-0.05, 0) is 36.8 Å². The average molecular weight is 342 g/mol. The van der Waals surface area contributed by atoms with Gasteiger partial charge in [0.1, 0.15) is 5.82 Å². The highest BCUT2D eigenvalue weighted by atomic mass is 79.9. The quantitative estimate of drug-likeness (QED) is 0.876. The van der Waals surface area contributed by atoms with Crippen molar-refractivity contribution in [2.45, 2.75) is 6.92 Å². The van der Waals surface area contributed by atoms with E-state index in [9.17, 15) is 4.79 Å². The number of benzene rings is 1. The van der Waals surface area contributed by atoms with Gasteiger partial charge in [0.15, 0.2) is 0 Å². The Balaban J connectivity index is 2.30. The number of nitrogens with one attached hydrogen (secondary N) is 1. The van der Waals surface area contributed by atoms with Gasteiger partial charge in [-0.1, -0.05) is 27.5 Å². The number of carboxylic acid groups (broad SMARTS) is 1. The molecule has 2 rings (SSSR count). The molecule has 1 heterocycles. The highest BCUT2D eigenvalue weighted by molar-refractivity contribution is 9.10. The van der Waals surface area contributed by atoms with Gasteiger partial charge in [-0.15, -0.1) is 0 Å². The summed E-state index contributed by atoms with van der Waals surface area (Å²) in [4.78, 5) is 14.8. The topological polar surface area (TPSA) is 62.2 Å². The molecule has 0 spiro atoms. The molecular formula is C13H10BrClN2O2. The van der Waals surface area contributed by atoms with Gasteiger partial charge in [0.05, 0.1) is 10.6 Å². The fraction of sp³-hybridized carbons (Fsp3) is 0.0769. The lowest BCUT2D eigenvalue weighted by Gasteiger charge is -2.09. The number of nitrogens with zero attached hydrogens (tertiary/aromatic N) is 1. The van der Waals surface area contributed by atoms with E-state index < -0.39 is 5.97 Å². The van der Waals surface area contributed by atoms with Crippen molar-refractivity contribution in [1.82, 2.24) is 4.98 Å². The Morgan fingerprint density at radius 3 is 2.68 bits per heavy atom. The molecule has 0 bridgehead atoms. The molecule has 0 amide bonds. The Morgan fingerprint density at radius 1 is 1.37 bits per heavy atom. The summed E-state index contributed by atoms with van der Waals surface area (Å²) in [5.41, 5.74) is 1.96. The van der Waals surface area contributed by atoms with Crippen LogP contribution in [0, 0.1) is 6.92 Å². The first-order valence-electron chi connectivity index (χ1n) is 5.39. The van der Waals surface area contributed by atoms with E-state index in [4.69, 9.17) is 16.7 Å². The number of carboxylic acids is 1. The summed E-state index contributed by atoms with van der Waals surface area (Å²) >= 11 is 9.41. The molecular weight excluding hydrogens is 332 g/mol. The third kappa shape index (κ3) is 3.45. The van der Waals surface area contributed by atoms with E-state index in [1.807, 2.05) is 25.1 Å². The largest absolute Gasteiger partial charge is 0.478 e. The number of anilines is 2. The molecule has 4 nitrogen and oxygen atoms in total. The van der Waals surface area contributed by atoms with Crippen LogP contribution in [-0.4, -0.2) is 16.1 Å². The molecule has 0 unspecified atom stereocenters. The summed E-state index contributed by atoms with van der Waals surface area (Å²) in [6.07, 6.45) is 1.27. The maximum absolute atomic E-state index is 10.8. The van der Waals surface area contributed by atoms with Crippen molar-refractivity contribution in [1.29, 1.82) is 0 Å². The third-order valence-corrected chi connectivity index (χ3v) is 3.14. The molecule has 0 aliphatic rings. The van der Waals surface area contributed by atoms with Gasteiger partial charge in [0, 0.05) is 16.4 Å². The number of halogens is 2. The lowest BCUT2D eigenvalue weighted by Crippen LogP contribution is -2.00. The van der Waals surface area contributed by atoms with Gasteiger partial charge in [0.25, 0.3) is 0 Å². The number of rotatable bonds is 3. The van der Waals surface area contributed by atoms with Crippen LogP contribution >= 0.6 is 27.5 Å². The lowest BCUT2D eigenvalue weighted by atomic mass is 10.2. The van der Waals surface area contributed by atoms with E-state index in [0.29, 0.717) is 5.82 Å². The first-order valence-corrected chi connectivity index (χ1v) is 6.56. The first kappa shape index (κ1) is 13.8. The number of aromatic nitrogens is 1. The van der Waals surface area contributed by atoms with Crippen LogP contribution in [-0.2, 0) is 0 Å². The van der Waals surface area contributed by atoms with Gasteiger partial charge in [-0.3, -0.25) is 0 Å². The fourth-order valence-electron chi connectivity index (χ4n) is 1.59. The van der Waals surface area contributed by atoms with E-state index in [0.717, 1.165) is 15.7 Å². The van der Waals surface area contributed by atoms with Crippen LogP contribution in [0.3, 0.4) is 0 Å². The van der Waals surface area contributed by atoms with E-state index in [-0.39, 0.29) is 10.6 Å². The minimum atomic E-state index is -1.06. The first-order chi connectivity index (χ1) is 8.95. The Morgan fingerprint density at radius 2 is 2.11 bits per heavy atom. The van der Waals surface area contributed by atoms with Crippen molar-refractivity contribution in [3.8, 4) is 0 Å². The van der Waals surface area contributed by atoms with E-state index in [2.05, 4.69) is 26.2 Å². The van der Waals surface area contributed by atoms with Crippen molar-refractivity contribution < 1.29 is 9.90 Å². The Hall–Kier alpha value is -1.59. The molecule has 0 saturated heterocycles. The number of carbonyl (C=O) groups is 1. The molecule has 2 aromatic rings. The lowest BCUT2D eigenvalue weighted by molar-refractivity contribution is 0.0696. The molecule has 0 radical (unpaired) electrons. The zero-order chi connectivity index (χ0) is 14.0. The zero-order valence-corrected chi connectivity index (χ0v) is 12.3. The molecule has 0 aliphatic heterocycles. The number of aromatic carboxylic acids is 1. The number of pyridine rings is 1. The average Bonchev–Trinajstić information content (AvgIpc) is 2.30. The summed E-state index contributed by atoms with van der Waals surface area (Å²) in [5, 5.41) is 12.2. The van der Waals surface area contributed by atoms with Gasteiger partial charge >= 0.3 is 5.97 Å². The summed E-state index contributed by atoms with van der Waals surface area (Å²) in [6.45, 7) is 1.97. The number of hydrogen-bond donors (Lipinski definition) is 2. The van der Waals surface area contributed by atoms with Crippen molar-refractivity contribution in [3.63, 3.8) is 0 Å². The van der Waals surface area contributed by atoms with Crippen LogP contribution in [0.2, 0.25) is 5.02 Å². The minimum Gasteiger partial charge on any atom is -0.478 e. The Bertz CT molecular complexity index is 626. The molecule has 0 atom stereocenters. The molecule has 19 heavy (non-hydrogen) atoms. The highest BCUT2D eigenvalue weighted by Crippen LogP contribution is 2.26. The van der Waals surface area contributed by atoms with Crippen LogP contribution in [0.5, 0.6) is 0 Å². The Kier molecular flexibility index (Phi) is 4.07. The van der Waals surface area contributed by atoms with Crippen LogP contribution in [0.1, 0.15) is 15.9 Å². The summed E-state index contributed by atoms with van der Waals surface area (Å²) < 4.78 is 0.938. The summed E-state index contributed by atoms with van der Waals surface area (Å²) in [5.74, 6) is -0.636. The standard InChI is InChI=1S/C13H10BrClN2O2/c1-7-2-9(14)5-10(3-7)17-12-11(15)4-8(6-16-12)13(18)19/h2-6H,1H3,(H,16,17)(H,18,19). The Labute approximate surface area is 123 Å². The SMILES string of the molecule is Cc1cc(Br)cc(Nc2ncc(C(=O)O)cc2Cl)c1. The van der Waals surface area contributed by atoms with Crippen molar-refractivity contribution in [2.24, 2.45) is 0 Å². The zero-order valence-electron chi connectivity index (χ0n) is 9.95. The summed E-state index contributed by atoms with van der Waals surface area (Å²) in [7, 11) is 0. The molecule has 2 N–H and O–H groups in total. The normalized spacial score (nSPS) is 10.3. The van der Waals surface area contributed by atoms with Crippen LogP contribution in [0.4, 0.5) is 11.5 Å². The smallest absolute Gasteiger partial charge is 0.337 e. The molecule has 0 fully saturated rings. The number of aryl methyl sites for hydroxylation is 1. The molecule has 1 aromatic carbocycles. The molecule has 1 aromatic heterocycles.